The van der Waals surface area contributed by atoms with Crippen molar-refractivity contribution in [2.24, 2.45) is 0 Å². The van der Waals surface area contributed by atoms with Crippen LogP contribution in [0.25, 0.3) is 0 Å². The first kappa shape index (κ1) is 31.3. The van der Waals surface area contributed by atoms with Crippen LogP contribution in [-0.2, 0) is 25.7 Å². The van der Waals surface area contributed by atoms with Crippen LogP contribution in [0, 0.1) is 16.5 Å². The van der Waals surface area contributed by atoms with Crippen LogP contribution in [0.2, 0.25) is 0 Å². The molecular weight excluding hydrogens is 868 g/mol. The second kappa shape index (κ2) is 14.9. The van der Waals surface area contributed by atoms with E-state index >= 15 is 0 Å². The summed E-state index contributed by atoms with van der Waals surface area (Å²) in [6, 6.07) is 31.1. The Hall–Kier alpha value is -1.27. The standard InChI is InChI=1S/C18H14FS.C9H7I3O5S/c19-15-11-13-18(14-12-15)20(16-7-3-1-4-8-16)17-9-5-2-6-10-17;10-5-3-6(11)8(7(12)4-5)9(13)17-1-2-18(14,15)16/h1-14H;3-4H,1-2H2,(H,14,15,16)/q+1;. The van der Waals surface area contributed by atoms with Gasteiger partial charge in [-0.05, 0) is 128 Å². The SMILES string of the molecule is Fc1ccc([S+](c2ccccc2)c2ccccc2)cc1.O=C(OCCS(=O)(=O)O)c1c(I)cc(I)cc1I. The quantitative estimate of drug-likeness (QED) is 0.0903. The summed E-state index contributed by atoms with van der Waals surface area (Å²) in [4.78, 5) is 15.4. The van der Waals surface area contributed by atoms with E-state index in [1.165, 1.54) is 21.9 Å². The number of halogens is 4. The van der Waals surface area contributed by atoms with Crippen LogP contribution in [0.1, 0.15) is 10.4 Å². The number of hydrogen-bond donors (Lipinski definition) is 1. The van der Waals surface area contributed by atoms with Gasteiger partial charge in [0.1, 0.15) is 18.2 Å². The highest BCUT2D eigenvalue weighted by atomic mass is 127. The maximum atomic E-state index is 13.2. The predicted octanol–water partition coefficient (Wildman–Crippen LogP) is 7.47. The average molecular weight is 889 g/mol. The Morgan fingerprint density at radius 3 is 1.68 bits per heavy atom. The third-order valence-electron chi connectivity index (χ3n) is 4.79. The van der Waals surface area contributed by atoms with Gasteiger partial charge in [0, 0.05) is 10.7 Å². The fraction of sp³-hybridized carbons (Fsp3) is 0.0741. The van der Waals surface area contributed by atoms with Crippen LogP contribution in [0.5, 0.6) is 0 Å². The topological polar surface area (TPSA) is 80.7 Å². The fourth-order valence-corrected chi connectivity index (χ4v) is 9.54. The number of rotatable bonds is 7. The number of benzene rings is 4. The number of hydrogen-bond acceptors (Lipinski definition) is 4. The molecule has 0 saturated carbocycles. The van der Waals surface area contributed by atoms with Gasteiger partial charge in [0.25, 0.3) is 10.1 Å². The molecule has 0 bridgehead atoms. The zero-order chi connectivity index (χ0) is 27.7. The van der Waals surface area contributed by atoms with E-state index in [9.17, 15) is 17.6 Å². The number of ether oxygens (including phenoxy) is 1. The van der Waals surface area contributed by atoms with E-state index in [-0.39, 0.29) is 23.3 Å². The molecule has 0 aromatic heterocycles. The highest BCUT2D eigenvalue weighted by Gasteiger charge is 2.28. The maximum absolute atomic E-state index is 13.2. The highest BCUT2D eigenvalue weighted by molar-refractivity contribution is 14.1. The van der Waals surface area contributed by atoms with Gasteiger partial charge in [0.15, 0.2) is 14.7 Å². The Balaban J connectivity index is 0.000000212. The lowest BCUT2D eigenvalue weighted by Gasteiger charge is -2.08. The summed E-state index contributed by atoms with van der Waals surface area (Å²) in [6.07, 6.45) is 0. The third-order valence-corrected chi connectivity index (χ3v) is 10.0. The van der Waals surface area contributed by atoms with Crippen molar-refractivity contribution >= 4 is 94.8 Å². The highest BCUT2D eigenvalue weighted by Crippen LogP contribution is 2.30. The van der Waals surface area contributed by atoms with Crippen LogP contribution < -0.4 is 0 Å². The lowest BCUT2D eigenvalue weighted by Crippen LogP contribution is -2.16. The van der Waals surface area contributed by atoms with Gasteiger partial charge in [-0.2, -0.15) is 8.42 Å². The van der Waals surface area contributed by atoms with Gasteiger partial charge in [0.2, 0.25) is 0 Å². The van der Waals surface area contributed by atoms with Gasteiger partial charge in [0.05, 0.1) is 16.5 Å². The molecule has 0 heterocycles. The minimum atomic E-state index is -4.11. The summed E-state index contributed by atoms with van der Waals surface area (Å²) in [5.74, 6) is -1.39. The summed E-state index contributed by atoms with van der Waals surface area (Å²) in [5, 5.41) is 0. The van der Waals surface area contributed by atoms with Crippen molar-refractivity contribution in [3.05, 3.63) is 119 Å². The van der Waals surface area contributed by atoms with Gasteiger partial charge in [-0.15, -0.1) is 0 Å². The first-order valence-electron chi connectivity index (χ1n) is 10.9. The van der Waals surface area contributed by atoms with Crippen LogP contribution in [0.4, 0.5) is 4.39 Å². The van der Waals surface area contributed by atoms with Crippen LogP contribution in [0.3, 0.4) is 0 Å². The first-order valence-corrected chi connectivity index (χ1v) is 17.0. The molecule has 4 aromatic rings. The second-order valence-corrected chi connectivity index (χ2v) is 14.7. The largest absolute Gasteiger partial charge is 0.461 e. The molecule has 0 fully saturated rings. The normalized spacial score (nSPS) is 11.0. The van der Waals surface area contributed by atoms with E-state index in [4.69, 9.17) is 9.29 Å². The molecule has 0 aliphatic carbocycles. The molecule has 0 spiro atoms. The molecule has 0 radical (unpaired) electrons. The van der Waals surface area contributed by atoms with Crippen LogP contribution >= 0.6 is 67.8 Å². The van der Waals surface area contributed by atoms with Gasteiger partial charge in [-0.1, -0.05) is 36.4 Å². The van der Waals surface area contributed by atoms with Crippen molar-refractivity contribution in [2.45, 2.75) is 14.7 Å². The molecule has 0 aliphatic rings. The fourth-order valence-electron chi connectivity index (χ4n) is 3.14. The van der Waals surface area contributed by atoms with Crippen molar-refractivity contribution in [3.8, 4) is 0 Å². The predicted molar refractivity (Wildman–Crippen MR) is 173 cm³/mol. The van der Waals surface area contributed by atoms with E-state index in [0.717, 1.165) is 15.6 Å². The van der Waals surface area contributed by atoms with Gasteiger partial charge in [-0.3, -0.25) is 4.55 Å². The van der Waals surface area contributed by atoms with E-state index in [1.807, 2.05) is 106 Å². The summed E-state index contributed by atoms with van der Waals surface area (Å²) < 4.78 is 49.9. The minimum Gasteiger partial charge on any atom is -0.461 e. The Morgan fingerprint density at radius 1 is 0.789 bits per heavy atom. The van der Waals surface area contributed by atoms with Crippen molar-refractivity contribution in [2.75, 3.05) is 12.4 Å². The molecule has 1 N–H and O–H groups in total. The molecule has 198 valence electrons. The smallest absolute Gasteiger partial charge is 0.340 e. The van der Waals surface area contributed by atoms with Crippen LogP contribution in [-0.4, -0.2) is 31.3 Å². The molecule has 0 unspecified atom stereocenters. The molecule has 4 aromatic carbocycles. The second-order valence-electron chi connectivity index (χ2n) is 7.55. The zero-order valence-electron chi connectivity index (χ0n) is 19.6. The summed E-state index contributed by atoms with van der Waals surface area (Å²) in [5.41, 5.74) is 0.409. The van der Waals surface area contributed by atoms with E-state index < -0.39 is 21.8 Å². The minimum absolute atomic E-state index is 0.190. The van der Waals surface area contributed by atoms with Crippen molar-refractivity contribution in [3.63, 3.8) is 0 Å². The molecule has 4 rings (SSSR count). The van der Waals surface area contributed by atoms with E-state index in [2.05, 4.69) is 46.9 Å². The van der Waals surface area contributed by atoms with Gasteiger partial charge >= 0.3 is 5.97 Å². The molecule has 5 nitrogen and oxygen atoms in total. The number of carbonyl (C=O) groups excluding carboxylic acids is 1. The van der Waals surface area contributed by atoms with E-state index in [1.54, 1.807) is 0 Å². The Bertz CT molecular complexity index is 1410. The van der Waals surface area contributed by atoms with Crippen LogP contribution in [0.15, 0.2) is 112 Å². The van der Waals surface area contributed by atoms with Gasteiger partial charge in [-0.25, -0.2) is 9.18 Å². The van der Waals surface area contributed by atoms with Crippen molar-refractivity contribution in [1.82, 2.24) is 0 Å². The monoisotopic (exact) mass is 889 g/mol. The average Bonchev–Trinajstić information content (AvgIpc) is 2.86. The molecule has 0 amide bonds. The molecule has 38 heavy (non-hydrogen) atoms. The summed E-state index contributed by atoms with van der Waals surface area (Å²) in [7, 11) is -4.30. The van der Waals surface area contributed by atoms with Crippen molar-refractivity contribution < 1.29 is 26.9 Å². The summed E-state index contributed by atoms with van der Waals surface area (Å²) in [6.45, 7) is -0.365. The Kier molecular flexibility index (Phi) is 12.3. The third kappa shape index (κ3) is 9.73. The molecular formula is C27H21FI3O5S2+. The number of carbonyl (C=O) groups is 1. The summed E-state index contributed by atoms with van der Waals surface area (Å²) >= 11 is 6.17. The number of esters is 1. The van der Waals surface area contributed by atoms with Crippen molar-refractivity contribution in [1.29, 1.82) is 0 Å². The first-order chi connectivity index (χ1) is 18.0. The Labute approximate surface area is 265 Å². The van der Waals surface area contributed by atoms with E-state index in [0.29, 0.717) is 5.56 Å². The maximum Gasteiger partial charge on any atom is 0.340 e. The van der Waals surface area contributed by atoms with Gasteiger partial charge < -0.3 is 4.74 Å². The molecule has 0 aliphatic heterocycles. The molecule has 0 atom stereocenters. The molecule has 0 saturated heterocycles. The Morgan fingerprint density at radius 2 is 1.24 bits per heavy atom. The molecule has 11 heteroatoms. The zero-order valence-corrected chi connectivity index (χ0v) is 27.7. The lowest BCUT2D eigenvalue weighted by molar-refractivity contribution is 0.0525. The lowest BCUT2D eigenvalue weighted by atomic mass is 10.2.